The maximum Gasteiger partial charge on any atom is 0.358 e. The average molecular weight is 393 g/mol. The number of nitrogens with zero attached hydrogens (tertiary/aromatic N) is 4. The van der Waals surface area contributed by atoms with Crippen LogP contribution in [-0.2, 0) is 4.74 Å². The van der Waals surface area contributed by atoms with Crippen LogP contribution in [0, 0.1) is 3.70 Å². The number of hydrogen-bond donors (Lipinski definition) is 3. The van der Waals surface area contributed by atoms with Crippen LogP contribution in [0.5, 0.6) is 0 Å². The fourth-order valence-corrected chi connectivity index (χ4v) is 2.99. The molecule has 3 rings (SSSR count). The summed E-state index contributed by atoms with van der Waals surface area (Å²) in [4.78, 5) is 19.4. The zero-order valence-electron chi connectivity index (χ0n) is 10.2. The van der Waals surface area contributed by atoms with E-state index in [1.165, 1.54) is 4.40 Å². The molecule has 0 spiro atoms. The quantitative estimate of drug-likeness (QED) is 0.543. The van der Waals surface area contributed by atoms with Gasteiger partial charge < -0.3 is 20.7 Å². The Hall–Kier alpha value is -1.24. The minimum absolute atomic E-state index is 0.122. The first-order valence-corrected chi connectivity index (χ1v) is 6.96. The van der Waals surface area contributed by atoms with Gasteiger partial charge in [-0.25, -0.2) is 9.20 Å². The molecule has 0 aromatic carbocycles. The molecule has 0 amide bonds. The van der Waals surface area contributed by atoms with Gasteiger partial charge in [-0.1, -0.05) is 0 Å². The van der Waals surface area contributed by atoms with Crippen LogP contribution in [0.1, 0.15) is 12.6 Å². The van der Waals surface area contributed by atoms with E-state index in [4.69, 9.17) is 15.6 Å². The first-order chi connectivity index (χ1) is 9.51. The first-order valence-electron chi connectivity index (χ1n) is 5.88. The molecule has 1 saturated heterocycles. The number of aliphatic hydroxyl groups excluding tert-OH is 2. The van der Waals surface area contributed by atoms with Crippen LogP contribution >= 0.6 is 22.6 Å². The van der Waals surface area contributed by atoms with Crippen molar-refractivity contribution in [3.8, 4) is 0 Å². The summed E-state index contributed by atoms with van der Waals surface area (Å²) in [7, 11) is 0. The summed E-state index contributed by atoms with van der Waals surface area (Å²) in [5.74, 6) is 0.172. The van der Waals surface area contributed by atoms with Crippen molar-refractivity contribution in [3.63, 3.8) is 0 Å². The highest BCUT2D eigenvalue weighted by Gasteiger charge is 2.35. The van der Waals surface area contributed by atoms with Gasteiger partial charge in [0.25, 0.3) is 0 Å². The Kier molecular flexibility index (Phi) is 3.40. The molecule has 0 saturated carbocycles. The Morgan fingerprint density at radius 3 is 2.95 bits per heavy atom. The molecule has 3 atom stereocenters. The molecule has 3 heterocycles. The van der Waals surface area contributed by atoms with Crippen molar-refractivity contribution in [2.45, 2.75) is 24.9 Å². The second-order valence-corrected chi connectivity index (χ2v) is 5.58. The number of aromatic nitrogens is 4. The topological polar surface area (TPSA) is 128 Å². The van der Waals surface area contributed by atoms with Crippen molar-refractivity contribution in [1.29, 1.82) is 0 Å². The lowest BCUT2D eigenvalue weighted by molar-refractivity contribution is -0.0432. The van der Waals surface area contributed by atoms with Crippen LogP contribution in [0.4, 0.5) is 5.95 Å². The number of rotatable bonds is 2. The summed E-state index contributed by atoms with van der Waals surface area (Å²) >= 11 is 1.98. The summed E-state index contributed by atoms with van der Waals surface area (Å²) in [6.45, 7) is -0.273. The zero-order chi connectivity index (χ0) is 14.4. The smallest absolute Gasteiger partial charge is 0.358 e. The van der Waals surface area contributed by atoms with Gasteiger partial charge in [-0.15, -0.1) is 0 Å². The van der Waals surface area contributed by atoms with Gasteiger partial charge in [0, 0.05) is 12.6 Å². The highest BCUT2D eigenvalue weighted by atomic mass is 127. The van der Waals surface area contributed by atoms with E-state index in [2.05, 4.69) is 9.97 Å². The molecule has 20 heavy (non-hydrogen) atoms. The zero-order valence-corrected chi connectivity index (χ0v) is 12.3. The minimum Gasteiger partial charge on any atom is -0.394 e. The minimum atomic E-state index is -0.768. The van der Waals surface area contributed by atoms with Crippen molar-refractivity contribution in [2.24, 2.45) is 0 Å². The summed E-state index contributed by atoms with van der Waals surface area (Å²) < 4.78 is 9.07. The lowest BCUT2D eigenvalue weighted by atomic mass is 10.2. The first kappa shape index (κ1) is 13.7. The number of nitrogen functional groups attached to an aromatic ring is 1. The number of aliphatic hydroxyl groups is 2. The van der Waals surface area contributed by atoms with E-state index >= 15 is 0 Å². The Balaban J connectivity index is 2.11. The number of halogens is 1. The molecule has 10 heteroatoms. The average Bonchev–Trinajstić information content (AvgIpc) is 2.90. The maximum atomic E-state index is 11.8. The van der Waals surface area contributed by atoms with Crippen LogP contribution in [0.3, 0.4) is 0 Å². The Bertz CT molecular complexity index is 713. The van der Waals surface area contributed by atoms with E-state index in [-0.39, 0.29) is 12.6 Å². The van der Waals surface area contributed by atoms with Crippen molar-refractivity contribution < 1.29 is 14.9 Å². The lowest BCUT2D eigenvalue weighted by Crippen LogP contribution is -2.24. The maximum absolute atomic E-state index is 11.8. The molecule has 0 unspecified atom stereocenters. The number of ether oxygens (including phenoxy) is 1. The highest BCUT2D eigenvalue weighted by Crippen LogP contribution is 2.30. The van der Waals surface area contributed by atoms with Crippen molar-refractivity contribution in [1.82, 2.24) is 18.9 Å². The number of fused-ring (bicyclic) bond motifs is 1. The Morgan fingerprint density at radius 1 is 1.55 bits per heavy atom. The van der Waals surface area contributed by atoms with Gasteiger partial charge in [-0.3, -0.25) is 4.57 Å². The molecule has 1 fully saturated rings. The number of hydrogen-bond acceptors (Lipinski definition) is 7. The highest BCUT2D eigenvalue weighted by molar-refractivity contribution is 14.1. The normalized spacial score (nSPS) is 26.4. The molecular weight excluding hydrogens is 381 g/mol. The van der Waals surface area contributed by atoms with Gasteiger partial charge in [-0.2, -0.15) is 9.97 Å². The predicted octanol–water partition coefficient (Wildman–Crippen LogP) is -1.28. The predicted molar refractivity (Wildman–Crippen MR) is 76.0 cm³/mol. The van der Waals surface area contributed by atoms with Gasteiger partial charge in [0.05, 0.1) is 12.7 Å². The summed E-state index contributed by atoms with van der Waals surface area (Å²) in [5, 5.41) is 18.9. The Morgan fingerprint density at radius 2 is 2.30 bits per heavy atom. The standard InChI is InChI=1S/C10H12IN5O4/c11-6-2-15(7-1-4(18)5(3-17)20-7)9-13-8(12)14-10(19)16(6)9/h2,4-5,7,17-18H,1,3H2,(H2,12,14,19)/t4-,5+,7-/m0/s1. The van der Waals surface area contributed by atoms with Crippen LogP contribution in [-0.4, -0.2) is 48.0 Å². The molecule has 2 aromatic rings. The Labute approximate surface area is 126 Å². The van der Waals surface area contributed by atoms with Crippen molar-refractivity contribution in [2.75, 3.05) is 12.3 Å². The molecule has 0 bridgehead atoms. The molecular formula is C10H12IN5O4. The van der Waals surface area contributed by atoms with E-state index in [9.17, 15) is 9.90 Å². The van der Waals surface area contributed by atoms with E-state index < -0.39 is 24.1 Å². The van der Waals surface area contributed by atoms with Crippen LogP contribution in [0.25, 0.3) is 5.78 Å². The molecule has 4 N–H and O–H groups in total. The number of imidazole rings is 1. The van der Waals surface area contributed by atoms with E-state index in [1.807, 2.05) is 22.6 Å². The second kappa shape index (κ2) is 4.95. The van der Waals surface area contributed by atoms with Gasteiger partial charge in [0.2, 0.25) is 11.7 Å². The fourth-order valence-electron chi connectivity index (χ4n) is 2.26. The number of nitrogens with two attached hydrogens (primary N) is 1. The third-order valence-corrected chi connectivity index (χ3v) is 3.96. The third kappa shape index (κ3) is 2.08. The van der Waals surface area contributed by atoms with Gasteiger partial charge in [0.15, 0.2) is 0 Å². The van der Waals surface area contributed by atoms with Crippen LogP contribution < -0.4 is 11.4 Å². The molecule has 108 valence electrons. The van der Waals surface area contributed by atoms with E-state index in [1.54, 1.807) is 10.8 Å². The van der Waals surface area contributed by atoms with E-state index in [0.717, 1.165) is 0 Å². The number of anilines is 1. The molecule has 2 aromatic heterocycles. The molecule has 9 nitrogen and oxygen atoms in total. The van der Waals surface area contributed by atoms with Crippen molar-refractivity contribution >= 4 is 34.3 Å². The summed E-state index contributed by atoms with van der Waals surface area (Å²) in [5.41, 5.74) is 4.98. The largest absolute Gasteiger partial charge is 0.394 e. The van der Waals surface area contributed by atoms with Crippen molar-refractivity contribution in [3.05, 3.63) is 20.4 Å². The van der Waals surface area contributed by atoms with Gasteiger partial charge in [-0.05, 0) is 22.6 Å². The molecule has 0 radical (unpaired) electrons. The lowest BCUT2D eigenvalue weighted by Gasteiger charge is -2.13. The SMILES string of the molecule is Nc1nc(=O)n2c(I)cn([C@@H]3C[C@H](O)[C@@H](CO)O3)c2n1. The molecule has 1 aliphatic rings. The van der Waals surface area contributed by atoms with Gasteiger partial charge >= 0.3 is 5.69 Å². The molecule has 1 aliphatic heterocycles. The second-order valence-electron chi connectivity index (χ2n) is 4.47. The van der Waals surface area contributed by atoms with Gasteiger partial charge in [0.1, 0.15) is 16.0 Å². The fraction of sp³-hybridized carbons (Fsp3) is 0.500. The summed E-state index contributed by atoms with van der Waals surface area (Å²) in [6, 6.07) is 0. The summed E-state index contributed by atoms with van der Waals surface area (Å²) in [6.07, 6.45) is 0.0307. The van der Waals surface area contributed by atoms with Crippen LogP contribution in [0.15, 0.2) is 11.0 Å². The monoisotopic (exact) mass is 393 g/mol. The van der Waals surface area contributed by atoms with E-state index in [0.29, 0.717) is 15.9 Å². The van der Waals surface area contributed by atoms with Crippen LogP contribution in [0.2, 0.25) is 0 Å². The molecule has 0 aliphatic carbocycles. The third-order valence-electron chi connectivity index (χ3n) is 3.20.